The summed E-state index contributed by atoms with van der Waals surface area (Å²) in [5.74, 6) is 0.525. The maximum atomic E-state index is 13.0. The van der Waals surface area contributed by atoms with E-state index in [0.29, 0.717) is 11.5 Å². The first-order valence-corrected chi connectivity index (χ1v) is 6.03. The molecule has 0 fully saturated rings. The standard InChI is InChI=1S/C14H9BrFNO/c1-9-2-3-11(15)7-14(9)18-13-5-4-12(16)6-10(13)8-17/h2-7H,1H3. The molecule has 0 aliphatic carbocycles. The van der Waals surface area contributed by atoms with Crippen molar-refractivity contribution in [3.05, 3.63) is 57.8 Å². The van der Waals surface area contributed by atoms with E-state index in [-0.39, 0.29) is 5.56 Å². The van der Waals surface area contributed by atoms with Gasteiger partial charge in [-0.3, -0.25) is 0 Å². The van der Waals surface area contributed by atoms with Crippen LogP contribution in [0.15, 0.2) is 40.9 Å². The first-order chi connectivity index (χ1) is 8.60. The van der Waals surface area contributed by atoms with Crippen molar-refractivity contribution in [1.82, 2.24) is 0 Å². The third kappa shape index (κ3) is 2.69. The second-order valence-corrected chi connectivity index (χ2v) is 4.68. The van der Waals surface area contributed by atoms with Crippen molar-refractivity contribution >= 4 is 15.9 Å². The lowest BCUT2D eigenvalue weighted by molar-refractivity contribution is 0.475. The van der Waals surface area contributed by atoms with Crippen LogP contribution in [-0.2, 0) is 0 Å². The highest BCUT2D eigenvalue weighted by molar-refractivity contribution is 9.10. The lowest BCUT2D eigenvalue weighted by Crippen LogP contribution is -1.91. The van der Waals surface area contributed by atoms with Gasteiger partial charge in [0.2, 0.25) is 0 Å². The van der Waals surface area contributed by atoms with E-state index in [9.17, 15) is 4.39 Å². The maximum absolute atomic E-state index is 13.0. The Morgan fingerprint density at radius 3 is 2.67 bits per heavy atom. The van der Waals surface area contributed by atoms with Gasteiger partial charge in [0.25, 0.3) is 0 Å². The van der Waals surface area contributed by atoms with Gasteiger partial charge in [-0.1, -0.05) is 22.0 Å². The van der Waals surface area contributed by atoms with Crippen molar-refractivity contribution in [2.75, 3.05) is 0 Å². The van der Waals surface area contributed by atoms with Crippen LogP contribution in [0.1, 0.15) is 11.1 Å². The molecule has 0 aromatic heterocycles. The summed E-state index contributed by atoms with van der Waals surface area (Å²) in [5, 5.41) is 8.94. The Hall–Kier alpha value is -1.86. The molecule has 90 valence electrons. The van der Waals surface area contributed by atoms with Crippen molar-refractivity contribution in [3.8, 4) is 17.6 Å². The number of hydrogen-bond acceptors (Lipinski definition) is 2. The number of nitriles is 1. The zero-order chi connectivity index (χ0) is 13.1. The summed E-state index contributed by atoms with van der Waals surface area (Å²) in [5.41, 5.74) is 1.11. The van der Waals surface area contributed by atoms with Gasteiger partial charge in [0.1, 0.15) is 23.4 Å². The average molecular weight is 306 g/mol. The quantitative estimate of drug-likeness (QED) is 0.815. The molecule has 0 bridgehead atoms. The maximum Gasteiger partial charge on any atom is 0.145 e. The number of hydrogen-bond donors (Lipinski definition) is 0. The van der Waals surface area contributed by atoms with E-state index in [1.54, 1.807) is 6.07 Å². The van der Waals surface area contributed by atoms with Gasteiger partial charge in [0, 0.05) is 4.47 Å². The van der Waals surface area contributed by atoms with Gasteiger partial charge in [0.15, 0.2) is 0 Å². The van der Waals surface area contributed by atoms with Crippen LogP contribution in [0, 0.1) is 24.1 Å². The number of nitrogens with zero attached hydrogens (tertiary/aromatic N) is 1. The minimum atomic E-state index is -0.454. The number of rotatable bonds is 2. The molecule has 0 radical (unpaired) electrons. The fourth-order valence-electron chi connectivity index (χ4n) is 1.48. The fraction of sp³-hybridized carbons (Fsp3) is 0.0714. The summed E-state index contributed by atoms with van der Waals surface area (Å²) in [6, 6.07) is 11.4. The van der Waals surface area contributed by atoms with Crippen LogP contribution in [0.25, 0.3) is 0 Å². The fourth-order valence-corrected chi connectivity index (χ4v) is 1.82. The van der Waals surface area contributed by atoms with Crippen molar-refractivity contribution in [3.63, 3.8) is 0 Å². The molecule has 0 unspecified atom stereocenters. The normalized spacial score (nSPS) is 9.89. The molecular weight excluding hydrogens is 297 g/mol. The molecule has 0 aliphatic rings. The van der Waals surface area contributed by atoms with E-state index >= 15 is 0 Å². The van der Waals surface area contributed by atoms with Gasteiger partial charge in [0.05, 0.1) is 5.56 Å². The summed E-state index contributed by atoms with van der Waals surface area (Å²) in [6.45, 7) is 1.90. The molecular formula is C14H9BrFNO. The Kier molecular flexibility index (Phi) is 3.63. The van der Waals surface area contributed by atoms with Crippen LogP contribution in [-0.4, -0.2) is 0 Å². The third-order valence-electron chi connectivity index (χ3n) is 2.43. The monoisotopic (exact) mass is 305 g/mol. The second-order valence-electron chi connectivity index (χ2n) is 3.76. The average Bonchev–Trinajstić information content (AvgIpc) is 2.36. The Balaban J connectivity index is 2.40. The number of aryl methyl sites for hydroxylation is 1. The molecule has 0 heterocycles. The zero-order valence-electron chi connectivity index (χ0n) is 9.58. The largest absolute Gasteiger partial charge is 0.456 e. The van der Waals surface area contributed by atoms with E-state index in [2.05, 4.69) is 15.9 Å². The summed E-state index contributed by atoms with van der Waals surface area (Å²) in [4.78, 5) is 0. The minimum Gasteiger partial charge on any atom is -0.456 e. The Morgan fingerprint density at radius 2 is 1.94 bits per heavy atom. The Bertz CT molecular complexity index is 634. The summed E-state index contributed by atoms with van der Waals surface area (Å²) in [6.07, 6.45) is 0. The van der Waals surface area contributed by atoms with E-state index in [4.69, 9.17) is 10.00 Å². The lowest BCUT2D eigenvalue weighted by Gasteiger charge is -2.10. The SMILES string of the molecule is Cc1ccc(Br)cc1Oc1ccc(F)cc1C#N. The van der Waals surface area contributed by atoms with E-state index in [1.165, 1.54) is 12.1 Å². The molecule has 0 N–H and O–H groups in total. The van der Waals surface area contributed by atoms with E-state index < -0.39 is 5.82 Å². The molecule has 2 aromatic carbocycles. The van der Waals surface area contributed by atoms with Crippen molar-refractivity contribution in [2.45, 2.75) is 6.92 Å². The number of benzene rings is 2. The topological polar surface area (TPSA) is 33.0 Å². The summed E-state index contributed by atoms with van der Waals surface area (Å²) in [7, 11) is 0. The molecule has 0 aliphatic heterocycles. The number of ether oxygens (including phenoxy) is 1. The van der Waals surface area contributed by atoms with Gasteiger partial charge >= 0.3 is 0 Å². The summed E-state index contributed by atoms with van der Waals surface area (Å²) >= 11 is 3.35. The highest BCUT2D eigenvalue weighted by atomic mass is 79.9. The van der Waals surface area contributed by atoms with Crippen molar-refractivity contribution in [2.24, 2.45) is 0 Å². The first-order valence-electron chi connectivity index (χ1n) is 5.24. The molecule has 18 heavy (non-hydrogen) atoms. The van der Waals surface area contributed by atoms with Crippen molar-refractivity contribution in [1.29, 1.82) is 5.26 Å². The van der Waals surface area contributed by atoms with Crippen molar-refractivity contribution < 1.29 is 9.13 Å². The van der Waals surface area contributed by atoms with Crippen LogP contribution in [0.5, 0.6) is 11.5 Å². The van der Waals surface area contributed by atoms with Crippen LogP contribution in [0.4, 0.5) is 4.39 Å². The highest BCUT2D eigenvalue weighted by Crippen LogP contribution is 2.30. The van der Waals surface area contributed by atoms with E-state index in [1.807, 2.05) is 25.1 Å². The third-order valence-corrected chi connectivity index (χ3v) is 2.93. The van der Waals surface area contributed by atoms with Crippen LogP contribution >= 0.6 is 15.9 Å². The zero-order valence-corrected chi connectivity index (χ0v) is 11.2. The predicted octanol–water partition coefficient (Wildman–Crippen LogP) is 4.56. The van der Waals surface area contributed by atoms with Gasteiger partial charge in [-0.05, 0) is 42.8 Å². The molecule has 0 saturated heterocycles. The molecule has 2 rings (SSSR count). The van der Waals surface area contributed by atoms with Crippen LogP contribution in [0.3, 0.4) is 0 Å². The van der Waals surface area contributed by atoms with Gasteiger partial charge in [-0.15, -0.1) is 0 Å². The molecule has 0 amide bonds. The second kappa shape index (κ2) is 5.19. The molecule has 0 saturated carbocycles. The molecule has 4 heteroatoms. The first kappa shape index (κ1) is 12.6. The van der Waals surface area contributed by atoms with Crippen LogP contribution in [0.2, 0.25) is 0 Å². The van der Waals surface area contributed by atoms with Gasteiger partial charge in [-0.2, -0.15) is 5.26 Å². The lowest BCUT2D eigenvalue weighted by atomic mass is 10.2. The Morgan fingerprint density at radius 1 is 1.17 bits per heavy atom. The number of halogens is 2. The van der Waals surface area contributed by atoms with Crippen LogP contribution < -0.4 is 4.74 Å². The predicted molar refractivity (Wildman–Crippen MR) is 70.1 cm³/mol. The smallest absolute Gasteiger partial charge is 0.145 e. The Labute approximate surface area is 113 Å². The molecule has 2 nitrogen and oxygen atoms in total. The highest BCUT2D eigenvalue weighted by Gasteiger charge is 2.08. The van der Waals surface area contributed by atoms with Gasteiger partial charge < -0.3 is 4.74 Å². The minimum absolute atomic E-state index is 0.175. The molecule has 2 aromatic rings. The molecule has 0 spiro atoms. The van der Waals surface area contributed by atoms with E-state index in [0.717, 1.165) is 16.1 Å². The summed E-state index contributed by atoms with van der Waals surface area (Å²) < 4.78 is 19.5. The van der Waals surface area contributed by atoms with Gasteiger partial charge in [-0.25, -0.2) is 4.39 Å². The molecule has 0 atom stereocenters.